The number of hydrogen-bond acceptors (Lipinski definition) is 4. The number of carbonyl (C=O) groups excluding carboxylic acids is 1. The van der Waals surface area contributed by atoms with Crippen molar-refractivity contribution in [3.63, 3.8) is 0 Å². The summed E-state index contributed by atoms with van der Waals surface area (Å²) in [5, 5.41) is 8.32. The van der Waals surface area contributed by atoms with E-state index in [1.807, 2.05) is 17.5 Å². The number of thiophene rings is 1. The van der Waals surface area contributed by atoms with Crippen LogP contribution in [-0.2, 0) is 4.79 Å². The van der Waals surface area contributed by atoms with Gasteiger partial charge in [-0.15, -0.1) is 11.3 Å². The largest absolute Gasteiger partial charge is 0.301 e. The maximum atomic E-state index is 13.0. The molecule has 1 aromatic carbocycles. The van der Waals surface area contributed by atoms with E-state index in [-0.39, 0.29) is 18.4 Å². The lowest BCUT2D eigenvalue weighted by atomic mass is 10.0. The van der Waals surface area contributed by atoms with Crippen LogP contribution < -0.4 is 0 Å². The van der Waals surface area contributed by atoms with E-state index in [2.05, 4.69) is 5.10 Å². The Morgan fingerprint density at radius 2 is 2.15 bits per heavy atom. The lowest BCUT2D eigenvalue weighted by molar-refractivity contribution is -0.109. The first kappa shape index (κ1) is 13.0. The van der Waals surface area contributed by atoms with Gasteiger partial charge in [0.05, 0.1) is 23.2 Å². The van der Waals surface area contributed by atoms with Crippen LogP contribution in [-0.4, -0.2) is 23.6 Å². The molecule has 1 atom stereocenters. The number of carbonyl (C=O) groups is 1. The second-order valence-corrected chi connectivity index (χ2v) is 5.53. The van der Waals surface area contributed by atoms with E-state index in [1.165, 1.54) is 12.1 Å². The predicted octanol–water partition coefficient (Wildman–Crippen LogP) is 3.24. The SMILES string of the molecule is O=CCN1N=C(c2cccs2)CC1c1ccc(F)cc1. The van der Waals surface area contributed by atoms with Gasteiger partial charge in [0.25, 0.3) is 0 Å². The van der Waals surface area contributed by atoms with Gasteiger partial charge in [-0.25, -0.2) is 4.39 Å². The van der Waals surface area contributed by atoms with Gasteiger partial charge in [-0.05, 0) is 29.1 Å². The third-order valence-electron chi connectivity index (χ3n) is 3.32. The Bertz CT molecular complexity index is 622. The standard InChI is InChI=1S/C15H13FN2OS/c16-12-5-3-11(4-6-12)14-10-13(15-2-1-9-20-15)17-18(14)7-8-19/h1-6,8-9,14H,7,10H2. The third-order valence-corrected chi connectivity index (χ3v) is 4.24. The van der Waals surface area contributed by atoms with Gasteiger partial charge in [0.1, 0.15) is 12.1 Å². The van der Waals surface area contributed by atoms with Gasteiger partial charge in [-0.1, -0.05) is 18.2 Å². The van der Waals surface area contributed by atoms with E-state index >= 15 is 0 Å². The number of nitrogens with zero attached hydrogens (tertiary/aromatic N) is 2. The van der Waals surface area contributed by atoms with E-state index in [1.54, 1.807) is 28.5 Å². The van der Waals surface area contributed by atoms with E-state index < -0.39 is 0 Å². The number of hydrazone groups is 1. The number of hydrogen-bond donors (Lipinski definition) is 0. The summed E-state index contributed by atoms with van der Waals surface area (Å²) in [4.78, 5) is 11.9. The fourth-order valence-corrected chi connectivity index (χ4v) is 3.09. The van der Waals surface area contributed by atoms with Crippen LogP contribution in [0.3, 0.4) is 0 Å². The second kappa shape index (κ2) is 5.54. The van der Waals surface area contributed by atoms with E-state index in [0.29, 0.717) is 0 Å². The maximum absolute atomic E-state index is 13.0. The minimum absolute atomic E-state index is 0.00194. The highest BCUT2D eigenvalue weighted by atomic mass is 32.1. The molecule has 1 unspecified atom stereocenters. The molecular weight excluding hydrogens is 275 g/mol. The van der Waals surface area contributed by atoms with Gasteiger partial charge in [0, 0.05) is 6.42 Å². The highest BCUT2D eigenvalue weighted by Gasteiger charge is 2.28. The van der Waals surface area contributed by atoms with Crippen molar-refractivity contribution in [1.82, 2.24) is 5.01 Å². The van der Waals surface area contributed by atoms with Crippen LogP contribution in [0.2, 0.25) is 0 Å². The van der Waals surface area contributed by atoms with E-state index in [0.717, 1.165) is 28.9 Å². The first-order chi connectivity index (χ1) is 9.78. The number of rotatable bonds is 4. The molecule has 0 saturated heterocycles. The number of halogens is 1. The van der Waals surface area contributed by atoms with E-state index in [9.17, 15) is 9.18 Å². The Morgan fingerprint density at radius 1 is 1.35 bits per heavy atom. The molecule has 1 aliphatic rings. The Balaban J connectivity index is 1.88. The van der Waals surface area contributed by atoms with E-state index in [4.69, 9.17) is 0 Å². The zero-order valence-corrected chi connectivity index (χ0v) is 11.5. The van der Waals surface area contributed by atoms with Crippen LogP contribution >= 0.6 is 11.3 Å². The Labute approximate surface area is 120 Å². The number of aldehydes is 1. The molecule has 1 aliphatic heterocycles. The Morgan fingerprint density at radius 3 is 2.80 bits per heavy atom. The normalized spacial score (nSPS) is 18.1. The molecule has 0 N–H and O–H groups in total. The summed E-state index contributed by atoms with van der Waals surface area (Å²) in [6.07, 6.45) is 1.58. The molecule has 0 radical (unpaired) electrons. The smallest absolute Gasteiger partial charge is 0.141 e. The molecule has 1 aromatic heterocycles. The van der Waals surface area contributed by atoms with Crippen LogP contribution in [0, 0.1) is 5.82 Å². The van der Waals surface area contributed by atoms with Crippen molar-refractivity contribution in [2.45, 2.75) is 12.5 Å². The van der Waals surface area contributed by atoms with Crippen molar-refractivity contribution >= 4 is 23.3 Å². The average Bonchev–Trinajstić information content (AvgIpc) is 3.09. The van der Waals surface area contributed by atoms with Gasteiger partial charge in [-0.3, -0.25) is 5.01 Å². The van der Waals surface area contributed by atoms with Gasteiger partial charge >= 0.3 is 0 Å². The van der Waals surface area contributed by atoms with Gasteiger partial charge in [0.2, 0.25) is 0 Å². The third kappa shape index (κ3) is 2.49. The van der Waals surface area contributed by atoms with Gasteiger partial charge < -0.3 is 4.79 Å². The van der Waals surface area contributed by atoms with Crippen LogP contribution in [0.4, 0.5) is 4.39 Å². The monoisotopic (exact) mass is 288 g/mol. The second-order valence-electron chi connectivity index (χ2n) is 4.58. The molecule has 0 aliphatic carbocycles. The first-order valence-corrected chi connectivity index (χ1v) is 7.23. The fourth-order valence-electron chi connectivity index (χ4n) is 2.37. The van der Waals surface area contributed by atoms with Crippen molar-refractivity contribution in [2.24, 2.45) is 5.10 Å². The molecule has 3 nitrogen and oxygen atoms in total. The molecular formula is C15H13FN2OS. The van der Waals surface area contributed by atoms with Gasteiger partial charge in [-0.2, -0.15) is 5.10 Å². The molecule has 0 fully saturated rings. The Kier molecular flexibility index (Phi) is 3.60. The van der Waals surface area contributed by atoms with Crippen molar-refractivity contribution < 1.29 is 9.18 Å². The van der Waals surface area contributed by atoms with Crippen molar-refractivity contribution in [1.29, 1.82) is 0 Å². The van der Waals surface area contributed by atoms with Gasteiger partial charge in [0.15, 0.2) is 0 Å². The number of benzene rings is 1. The molecule has 0 bridgehead atoms. The molecule has 0 saturated carbocycles. The fraction of sp³-hybridized carbons (Fsp3) is 0.200. The molecule has 3 rings (SSSR count). The predicted molar refractivity (Wildman–Crippen MR) is 77.4 cm³/mol. The average molecular weight is 288 g/mol. The topological polar surface area (TPSA) is 32.7 Å². The quantitative estimate of drug-likeness (QED) is 0.809. The summed E-state index contributed by atoms with van der Waals surface area (Å²) in [5.74, 6) is -0.256. The Hall–Kier alpha value is -2.01. The minimum atomic E-state index is -0.256. The zero-order chi connectivity index (χ0) is 13.9. The minimum Gasteiger partial charge on any atom is -0.301 e. The molecule has 102 valence electrons. The van der Waals surface area contributed by atoms with Crippen molar-refractivity contribution in [3.05, 3.63) is 58.0 Å². The van der Waals surface area contributed by atoms with Crippen molar-refractivity contribution in [3.8, 4) is 0 Å². The summed E-state index contributed by atoms with van der Waals surface area (Å²) in [5.41, 5.74) is 1.96. The maximum Gasteiger partial charge on any atom is 0.141 e. The first-order valence-electron chi connectivity index (χ1n) is 6.35. The molecule has 5 heteroatoms. The lowest BCUT2D eigenvalue weighted by Crippen LogP contribution is -2.21. The summed E-state index contributed by atoms with van der Waals surface area (Å²) in [7, 11) is 0. The molecule has 20 heavy (non-hydrogen) atoms. The summed E-state index contributed by atoms with van der Waals surface area (Å²) >= 11 is 1.63. The highest BCUT2D eigenvalue weighted by molar-refractivity contribution is 7.12. The summed E-state index contributed by atoms with van der Waals surface area (Å²) in [6, 6.07) is 10.4. The lowest BCUT2D eigenvalue weighted by Gasteiger charge is -2.21. The molecule has 0 spiro atoms. The summed E-state index contributed by atoms with van der Waals surface area (Å²) in [6.45, 7) is 0.247. The van der Waals surface area contributed by atoms with Crippen LogP contribution in [0.1, 0.15) is 22.9 Å². The molecule has 0 amide bonds. The van der Waals surface area contributed by atoms with Crippen LogP contribution in [0.5, 0.6) is 0 Å². The van der Waals surface area contributed by atoms with Crippen molar-refractivity contribution in [2.75, 3.05) is 6.54 Å². The van der Waals surface area contributed by atoms with Crippen LogP contribution in [0.25, 0.3) is 0 Å². The molecule has 2 heterocycles. The zero-order valence-electron chi connectivity index (χ0n) is 10.7. The highest BCUT2D eigenvalue weighted by Crippen LogP contribution is 2.33. The van der Waals surface area contributed by atoms with Crippen LogP contribution in [0.15, 0.2) is 46.9 Å². The summed E-state index contributed by atoms with van der Waals surface area (Å²) < 4.78 is 13.0. The molecule has 2 aromatic rings.